The summed E-state index contributed by atoms with van der Waals surface area (Å²) < 4.78 is 0. The average molecular weight is 114 g/mol. The van der Waals surface area contributed by atoms with Gasteiger partial charge in [-0.3, -0.25) is 0 Å². The zero-order chi connectivity index (χ0) is 6.24. The van der Waals surface area contributed by atoms with Crippen LogP contribution in [0.4, 0.5) is 0 Å². The molecule has 0 rings (SSSR count). The Morgan fingerprint density at radius 2 is 2.00 bits per heavy atom. The van der Waals surface area contributed by atoms with Crippen molar-refractivity contribution in [2.75, 3.05) is 13.6 Å². The van der Waals surface area contributed by atoms with Crippen LogP contribution in [-0.4, -0.2) is 13.6 Å². The predicted octanol–water partition coefficient (Wildman–Crippen LogP) is 1.60. The summed E-state index contributed by atoms with van der Waals surface area (Å²) in [4.78, 5) is 0. The van der Waals surface area contributed by atoms with Crippen LogP contribution in [0.1, 0.15) is 25.7 Å². The Balaban J connectivity index is 2.53. The number of nitrogens with one attached hydrogen (secondary N) is 1. The molecule has 0 aliphatic rings. The van der Waals surface area contributed by atoms with Crippen LogP contribution < -0.4 is 5.32 Å². The number of hydrogen-bond acceptors (Lipinski definition) is 1. The fourth-order valence-electron chi connectivity index (χ4n) is 0.655. The van der Waals surface area contributed by atoms with E-state index in [2.05, 4.69) is 12.2 Å². The molecule has 0 aromatic rings. The summed E-state index contributed by atoms with van der Waals surface area (Å²) in [5.41, 5.74) is 0. The van der Waals surface area contributed by atoms with Crippen molar-refractivity contribution in [1.82, 2.24) is 5.32 Å². The van der Waals surface area contributed by atoms with Gasteiger partial charge in [0.15, 0.2) is 0 Å². The minimum atomic E-state index is 1.09. The molecule has 0 unspecified atom stereocenters. The Morgan fingerprint density at radius 1 is 1.25 bits per heavy atom. The van der Waals surface area contributed by atoms with Gasteiger partial charge < -0.3 is 5.32 Å². The maximum atomic E-state index is 3.76. The second-order valence-corrected chi connectivity index (χ2v) is 2.02. The van der Waals surface area contributed by atoms with Gasteiger partial charge in [0.05, 0.1) is 0 Å². The van der Waals surface area contributed by atoms with E-state index in [0.29, 0.717) is 0 Å². The van der Waals surface area contributed by atoms with Gasteiger partial charge >= 0.3 is 0 Å². The first-order chi connectivity index (χ1) is 3.91. The van der Waals surface area contributed by atoms with Crippen molar-refractivity contribution in [3.05, 3.63) is 6.92 Å². The highest BCUT2D eigenvalue weighted by molar-refractivity contribution is 4.45. The van der Waals surface area contributed by atoms with Gasteiger partial charge in [0.25, 0.3) is 0 Å². The van der Waals surface area contributed by atoms with Gasteiger partial charge in [0.1, 0.15) is 0 Å². The summed E-state index contributed by atoms with van der Waals surface area (Å²) in [6.45, 7) is 4.92. The van der Waals surface area contributed by atoms with Crippen LogP contribution in [0.15, 0.2) is 0 Å². The summed E-state index contributed by atoms with van der Waals surface area (Å²) in [6.07, 6.45) is 4.99. The summed E-state index contributed by atoms with van der Waals surface area (Å²) in [6, 6.07) is 0. The monoisotopic (exact) mass is 114 g/mol. The highest BCUT2D eigenvalue weighted by atomic mass is 14.8. The fourth-order valence-corrected chi connectivity index (χ4v) is 0.655. The van der Waals surface area contributed by atoms with Crippen LogP contribution >= 0.6 is 0 Å². The zero-order valence-electron chi connectivity index (χ0n) is 5.74. The maximum Gasteiger partial charge on any atom is -0.00519 e. The summed E-state index contributed by atoms with van der Waals surface area (Å²) >= 11 is 0. The van der Waals surface area contributed by atoms with Crippen molar-refractivity contribution < 1.29 is 0 Å². The smallest absolute Gasteiger partial charge is 0.00519 e. The van der Waals surface area contributed by atoms with Crippen molar-refractivity contribution in [3.63, 3.8) is 0 Å². The Labute approximate surface area is 52.5 Å². The minimum absolute atomic E-state index is 1.09. The van der Waals surface area contributed by atoms with E-state index in [4.69, 9.17) is 0 Å². The molecule has 1 nitrogen and oxygen atoms in total. The third-order valence-electron chi connectivity index (χ3n) is 1.18. The van der Waals surface area contributed by atoms with Crippen molar-refractivity contribution in [2.24, 2.45) is 0 Å². The first-order valence-corrected chi connectivity index (χ1v) is 3.35. The molecule has 49 valence electrons. The molecule has 0 bridgehead atoms. The Bertz CT molecular complexity index is 29.4. The highest BCUT2D eigenvalue weighted by Gasteiger charge is 1.82. The quantitative estimate of drug-likeness (QED) is 0.535. The van der Waals surface area contributed by atoms with E-state index in [1.54, 1.807) is 0 Å². The SMILES string of the molecule is [CH2]CCCCCNC. The van der Waals surface area contributed by atoms with E-state index >= 15 is 0 Å². The molecule has 0 aromatic heterocycles. The van der Waals surface area contributed by atoms with Crippen molar-refractivity contribution >= 4 is 0 Å². The molecular formula is C7H16N. The molecule has 1 radical (unpaired) electrons. The second kappa shape index (κ2) is 6.96. The van der Waals surface area contributed by atoms with Gasteiger partial charge in [-0.1, -0.05) is 26.2 Å². The third kappa shape index (κ3) is 5.96. The summed E-state index contributed by atoms with van der Waals surface area (Å²) in [5, 5.41) is 3.11. The average Bonchev–Trinajstić information content (AvgIpc) is 1.81. The van der Waals surface area contributed by atoms with E-state index in [-0.39, 0.29) is 0 Å². The molecule has 0 aliphatic heterocycles. The maximum absolute atomic E-state index is 3.76. The summed E-state index contributed by atoms with van der Waals surface area (Å²) in [7, 11) is 1.99. The Kier molecular flexibility index (Phi) is 6.93. The van der Waals surface area contributed by atoms with E-state index in [9.17, 15) is 0 Å². The van der Waals surface area contributed by atoms with E-state index < -0.39 is 0 Å². The van der Waals surface area contributed by atoms with Gasteiger partial charge in [0, 0.05) is 0 Å². The molecule has 0 saturated heterocycles. The topological polar surface area (TPSA) is 12.0 Å². The molecule has 0 amide bonds. The lowest BCUT2D eigenvalue weighted by molar-refractivity contribution is 0.647. The number of rotatable bonds is 5. The Hall–Kier alpha value is -0.0400. The van der Waals surface area contributed by atoms with Crippen molar-refractivity contribution in [1.29, 1.82) is 0 Å². The van der Waals surface area contributed by atoms with Gasteiger partial charge in [-0.15, -0.1) is 0 Å². The van der Waals surface area contributed by atoms with E-state index in [0.717, 1.165) is 13.0 Å². The van der Waals surface area contributed by atoms with Crippen LogP contribution in [0.2, 0.25) is 0 Å². The van der Waals surface area contributed by atoms with Gasteiger partial charge in [-0.2, -0.15) is 0 Å². The lowest BCUT2D eigenvalue weighted by Gasteiger charge is -1.95. The van der Waals surface area contributed by atoms with Gasteiger partial charge in [0.2, 0.25) is 0 Å². The van der Waals surface area contributed by atoms with Crippen LogP contribution in [0.25, 0.3) is 0 Å². The van der Waals surface area contributed by atoms with Crippen molar-refractivity contribution in [3.8, 4) is 0 Å². The lowest BCUT2D eigenvalue weighted by atomic mass is 10.2. The first kappa shape index (κ1) is 7.96. The standard InChI is InChI=1S/C7H16N/c1-3-4-5-6-7-8-2/h8H,1,3-7H2,2H3. The van der Waals surface area contributed by atoms with Crippen LogP contribution in [0, 0.1) is 6.92 Å². The molecule has 1 N–H and O–H groups in total. The number of unbranched alkanes of at least 4 members (excludes halogenated alkanes) is 3. The molecule has 0 atom stereocenters. The molecule has 0 fully saturated rings. The van der Waals surface area contributed by atoms with Gasteiger partial charge in [-0.05, 0) is 20.0 Å². The highest BCUT2D eigenvalue weighted by Crippen LogP contribution is 1.95. The fraction of sp³-hybridized carbons (Fsp3) is 0.857. The molecule has 0 saturated carbocycles. The second-order valence-electron chi connectivity index (χ2n) is 2.02. The largest absolute Gasteiger partial charge is 0.320 e. The van der Waals surface area contributed by atoms with Crippen LogP contribution in [0.5, 0.6) is 0 Å². The Morgan fingerprint density at radius 3 is 2.50 bits per heavy atom. The molecular weight excluding hydrogens is 98.1 g/mol. The van der Waals surface area contributed by atoms with Gasteiger partial charge in [-0.25, -0.2) is 0 Å². The van der Waals surface area contributed by atoms with Crippen molar-refractivity contribution in [2.45, 2.75) is 25.7 Å². The third-order valence-corrected chi connectivity index (χ3v) is 1.18. The number of hydrogen-bond donors (Lipinski definition) is 1. The zero-order valence-corrected chi connectivity index (χ0v) is 5.74. The summed E-state index contributed by atoms with van der Waals surface area (Å²) in [5.74, 6) is 0. The molecule has 1 heteroatoms. The molecule has 0 aromatic carbocycles. The minimum Gasteiger partial charge on any atom is -0.320 e. The molecule has 0 aliphatic carbocycles. The first-order valence-electron chi connectivity index (χ1n) is 3.35. The molecule has 8 heavy (non-hydrogen) atoms. The van der Waals surface area contributed by atoms with E-state index in [1.165, 1.54) is 19.3 Å². The lowest BCUT2D eigenvalue weighted by Crippen LogP contribution is -2.06. The van der Waals surface area contributed by atoms with Crippen LogP contribution in [-0.2, 0) is 0 Å². The van der Waals surface area contributed by atoms with Crippen LogP contribution in [0.3, 0.4) is 0 Å². The molecule has 0 heterocycles. The van der Waals surface area contributed by atoms with E-state index in [1.807, 2.05) is 7.05 Å². The predicted molar refractivity (Wildman–Crippen MR) is 37.8 cm³/mol. The molecule has 0 spiro atoms. The normalized spacial score (nSPS) is 9.75.